The van der Waals surface area contributed by atoms with Crippen molar-refractivity contribution < 1.29 is 13.5 Å². The second-order valence-corrected chi connectivity index (χ2v) is 6.81. The number of halogens is 1. The van der Waals surface area contributed by atoms with Gasteiger partial charge in [-0.2, -0.15) is 0 Å². The van der Waals surface area contributed by atoms with Gasteiger partial charge in [-0.05, 0) is 37.5 Å². The summed E-state index contributed by atoms with van der Waals surface area (Å²) in [5.41, 5.74) is 1.68. The van der Waals surface area contributed by atoms with Crippen molar-refractivity contribution in [2.45, 2.75) is 38.1 Å². The SMILES string of the molecule is CC[C@H](CO)NS(=O)(=O)c1cc(Br)c(C)cc1C. The minimum Gasteiger partial charge on any atom is -0.395 e. The quantitative estimate of drug-likeness (QED) is 0.866. The largest absolute Gasteiger partial charge is 0.395 e. The predicted octanol–water partition coefficient (Wildman–Crippen LogP) is 2.12. The Hall–Kier alpha value is -0.430. The molecule has 0 spiro atoms. The van der Waals surface area contributed by atoms with E-state index < -0.39 is 16.1 Å². The number of benzene rings is 1. The molecule has 0 saturated heterocycles. The first-order valence-electron chi connectivity index (χ1n) is 5.71. The summed E-state index contributed by atoms with van der Waals surface area (Å²) in [6.07, 6.45) is 0.543. The van der Waals surface area contributed by atoms with Crippen molar-refractivity contribution in [1.29, 1.82) is 0 Å². The van der Waals surface area contributed by atoms with E-state index in [-0.39, 0.29) is 11.5 Å². The van der Waals surface area contributed by atoms with Crippen LogP contribution in [0.3, 0.4) is 0 Å². The van der Waals surface area contributed by atoms with Crippen molar-refractivity contribution in [2.75, 3.05) is 6.61 Å². The molecule has 0 aliphatic heterocycles. The van der Waals surface area contributed by atoms with Crippen LogP contribution in [0, 0.1) is 13.8 Å². The number of nitrogens with one attached hydrogen (secondary N) is 1. The Bertz CT molecular complexity index is 524. The first kappa shape index (κ1) is 15.6. The fourth-order valence-electron chi connectivity index (χ4n) is 1.63. The normalized spacial score (nSPS) is 13.6. The van der Waals surface area contributed by atoms with E-state index in [9.17, 15) is 8.42 Å². The summed E-state index contributed by atoms with van der Waals surface area (Å²) in [6.45, 7) is 5.28. The Balaban J connectivity index is 3.16. The van der Waals surface area contributed by atoms with E-state index in [2.05, 4.69) is 20.7 Å². The second-order valence-electron chi connectivity index (χ2n) is 4.28. The van der Waals surface area contributed by atoms with Gasteiger partial charge in [0.2, 0.25) is 10.0 Å². The lowest BCUT2D eigenvalue weighted by atomic mass is 10.2. The number of aryl methyl sites for hydroxylation is 2. The maximum Gasteiger partial charge on any atom is 0.241 e. The van der Waals surface area contributed by atoms with Gasteiger partial charge in [0.1, 0.15) is 0 Å². The molecule has 0 amide bonds. The molecule has 6 heteroatoms. The highest BCUT2D eigenvalue weighted by atomic mass is 79.9. The van der Waals surface area contributed by atoms with Gasteiger partial charge in [-0.1, -0.05) is 28.9 Å². The smallest absolute Gasteiger partial charge is 0.241 e. The molecule has 18 heavy (non-hydrogen) atoms. The standard InChI is InChI=1S/C12H18BrNO3S/c1-4-10(7-15)14-18(16,17)12-6-11(13)8(2)5-9(12)3/h5-6,10,14-15H,4,7H2,1-3H3/t10-/m1/s1. The number of sulfonamides is 1. The van der Waals surface area contributed by atoms with Gasteiger partial charge >= 0.3 is 0 Å². The van der Waals surface area contributed by atoms with Crippen LogP contribution >= 0.6 is 15.9 Å². The molecule has 0 unspecified atom stereocenters. The van der Waals surface area contributed by atoms with Crippen LogP contribution < -0.4 is 4.72 Å². The second kappa shape index (κ2) is 6.14. The fourth-order valence-corrected chi connectivity index (χ4v) is 3.69. The maximum atomic E-state index is 12.2. The van der Waals surface area contributed by atoms with E-state index in [1.165, 1.54) is 0 Å². The minimum absolute atomic E-state index is 0.207. The lowest BCUT2D eigenvalue weighted by molar-refractivity contribution is 0.254. The van der Waals surface area contributed by atoms with Crippen molar-refractivity contribution in [3.63, 3.8) is 0 Å². The van der Waals surface area contributed by atoms with Crippen LogP contribution in [0.1, 0.15) is 24.5 Å². The molecule has 4 nitrogen and oxygen atoms in total. The average Bonchev–Trinajstić information content (AvgIpc) is 2.30. The number of aliphatic hydroxyl groups is 1. The van der Waals surface area contributed by atoms with E-state index in [4.69, 9.17) is 5.11 Å². The van der Waals surface area contributed by atoms with Gasteiger partial charge in [-0.25, -0.2) is 13.1 Å². The molecule has 1 aromatic rings. The molecule has 0 bridgehead atoms. The Morgan fingerprint density at radius 3 is 2.44 bits per heavy atom. The minimum atomic E-state index is -3.59. The van der Waals surface area contributed by atoms with Crippen molar-refractivity contribution in [3.05, 3.63) is 27.7 Å². The molecule has 1 rings (SSSR count). The Morgan fingerprint density at radius 1 is 1.33 bits per heavy atom. The monoisotopic (exact) mass is 335 g/mol. The van der Waals surface area contributed by atoms with Gasteiger partial charge in [0.25, 0.3) is 0 Å². The highest BCUT2D eigenvalue weighted by Gasteiger charge is 2.21. The topological polar surface area (TPSA) is 66.4 Å². The zero-order valence-electron chi connectivity index (χ0n) is 10.7. The van der Waals surface area contributed by atoms with E-state index in [0.717, 1.165) is 10.0 Å². The molecular formula is C12H18BrNO3S. The molecule has 0 aromatic heterocycles. The maximum absolute atomic E-state index is 12.2. The molecule has 1 aromatic carbocycles. The predicted molar refractivity (Wildman–Crippen MR) is 75.1 cm³/mol. The number of hydrogen-bond acceptors (Lipinski definition) is 3. The Labute approximate surface area is 117 Å². The van der Waals surface area contributed by atoms with Crippen molar-refractivity contribution in [2.24, 2.45) is 0 Å². The first-order chi connectivity index (χ1) is 8.31. The molecule has 0 aliphatic rings. The van der Waals surface area contributed by atoms with E-state index >= 15 is 0 Å². The van der Waals surface area contributed by atoms with E-state index in [0.29, 0.717) is 12.0 Å². The summed E-state index contributed by atoms with van der Waals surface area (Å²) < 4.78 is 27.7. The van der Waals surface area contributed by atoms with Gasteiger partial charge in [0, 0.05) is 10.5 Å². The Kier molecular flexibility index (Phi) is 5.33. The van der Waals surface area contributed by atoms with Gasteiger partial charge in [-0.15, -0.1) is 0 Å². The lowest BCUT2D eigenvalue weighted by Crippen LogP contribution is -2.37. The van der Waals surface area contributed by atoms with Gasteiger partial charge < -0.3 is 5.11 Å². The summed E-state index contributed by atoms with van der Waals surface area (Å²) in [7, 11) is -3.59. The molecule has 0 saturated carbocycles. The molecule has 0 heterocycles. The lowest BCUT2D eigenvalue weighted by Gasteiger charge is -2.16. The van der Waals surface area contributed by atoms with Crippen LogP contribution in [-0.2, 0) is 10.0 Å². The molecule has 2 N–H and O–H groups in total. The summed E-state index contributed by atoms with van der Waals surface area (Å²) in [6, 6.07) is 2.96. The summed E-state index contributed by atoms with van der Waals surface area (Å²) in [5, 5.41) is 9.07. The van der Waals surface area contributed by atoms with Crippen LogP contribution in [-0.4, -0.2) is 26.2 Å². The molecule has 0 radical (unpaired) electrons. The summed E-state index contributed by atoms with van der Waals surface area (Å²) in [5.74, 6) is 0. The van der Waals surface area contributed by atoms with Crippen LogP contribution in [0.4, 0.5) is 0 Å². The zero-order chi connectivity index (χ0) is 13.9. The van der Waals surface area contributed by atoms with Crippen LogP contribution in [0.25, 0.3) is 0 Å². The third-order valence-corrected chi connectivity index (χ3v) is 5.30. The van der Waals surface area contributed by atoms with E-state index in [1.807, 2.05) is 19.9 Å². The van der Waals surface area contributed by atoms with Crippen molar-refractivity contribution >= 4 is 26.0 Å². The average molecular weight is 336 g/mol. The van der Waals surface area contributed by atoms with Crippen LogP contribution in [0.5, 0.6) is 0 Å². The third-order valence-electron chi connectivity index (χ3n) is 2.78. The van der Waals surface area contributed by atoms with Crippen LogP contribution in [0.15, 0.2) is 21.5 Å². The molecule has 0 fully saturated rings. The fraction of sp³-hybridized carbons (Fsp3) is 0.500. The zero-order valence-corrected chi connectivity index (χ0v) is 13.1. The summed E-state index contributed by atoms with van der Waals surface area (Å²) >= 11 is 3.33. The van der Waals surface area contributed by atoms with Gasteiger partial charge in [-0.3, -0.25) is 0 Å². The molecule has 1 atom stereocenters. The van der Waals surface area contributed by atoms with Gasteiger partial charge in [0.15, 0.2) is 0 Å². The number of rotatable bonds is 5. The van der Waals surface area contributed by atoms with Crippen LogP contribution in [0.2, 0.25) is 0 Å². The third kappa shape index (κ3) is 3.54. The molecule has 102 valence electrons. The highest BCUT2D eigenvalue weighted by Crippen LogP contribution is 2.24. The Morgan fingerprint density at radius 2 is 1.94 bits per heavy atom. The molecule has 0 aliphatic carbocycles. The first-order valence-corrected chi connectivity index (χ1v) is 7.99. The van der Waals surface area contributed by atoms with E-state index in [1.54, 1.807) is 13.0 Å². The summed E-state index contributed by atoms with van der Waals surface area (Å²) in [4.78, 5) is 0.242. The molecular weight excluding hydrogens is 318 g/mol. The van der Waals surface area contributed by atoms with Crippen molar-refractivity contribution in [3.8, 4) is 0 Å². The van der Waals surface area contributed by atoms with Crippen molar-refractivity contribution in [1.82, 2.24) is 4.72 Å². The van der Waals surface area contributed by atoms with Gasteiger partial charge in [0.05, 0.1) is 11.5 Å². The highest BCUT2D eigenvalue weighted by molar-refractivity contribution is 9.10. The number of aliphatic hydroxyl groups excluding tert-OH is 1. The number of hydrogen-bond donors (Lipinski definition) is 2.